The fourth-order valence-corrected chi connectivity index (χ4v) is 2.44. The molecule has 1 aliphatic heterocycles. The van der Waals surface area contributed by atoms with E-state index in [2.05, 4.69) is 10.6 Å². The molecule has 142 valence electrons. The molecule has 2 N–H and O–H groups in total. The summed E-state index contributed by atoms with van der Waals surface area (Å²) in [6, 6.07) is 4.38. The molecule has 0 aromatic heterocycles. The number of methoxy groups -OCH3 is 1. The number of esters is 1. The summed E-state index contributed by atoms with van der Waals surface area (Å²) in [6.45, 7) is 2.62. The van der Waals surface area contributed by atoms with Crippen molar-refractivity contribution >= 4 is 24.2 Å². The van der Waals surface area contributed by atoms with Crippen LogP contribution in [-0.2, 0) is 19.0 Å². The molecule has 2 amide bonds. The Morgan fingerprint density at radius 1 is 1.27 bits per heavy atom. The van der Waals surface area contributed by atoms with Crippen molar-refractivity contribution in [1.29, 1.82) is 0 Å². The third kappa shape index (κ3) is 5.62. The molecule has 1 atom stereocenters. The number of ether oxygens (including phenoxy) is 4. The van der Waals surface area contributed by atoms with Gasteiger partial charge in [-0.3, -0.25) is 4.79 Å². The van der Waals surface area contributed by atoms with Gasteiger partial charge in [0.1, 0.15) is 5.75 Å². The van der Waals surface area contributed by atoms with Crippen LogP contribution in [-0.4, -0.2) is 51.1 Å². The van der Waals surface area contributed by atoms with Gasteiger partial charge in [-0.1, -0.05) is 0 Å². The van der Waals surface area contributed by atoms with Gasteiger partial charge in [0.05, 0.1) is 18.4 Å². The maximum atomic E-state index is 12.2. The molecule has 1 saturated heterocycles. The van der Waals surface area contributed by atoms with Crippen LogP contribution in [0.3, 0.4) is 0 Å². The Hall–Kier alpha value is -2.81. The molecule has 9 nitrogen and oxygen atoms in total. The molecule has 0 saturated carbocycles. The number of carbonyl (C=O) groups is 3. The van der Waals surface area contributed by atoms with Gasteiger partial charge >= 0.3 is 12.1 Å². The van der Waals surface area contributed by atoms with Crippen LogP contribution in [0.25, 0.3) is 0 Å². The van der Waals surface area contributed by atoms with Gasteiger partial charge in [0.2, 0.25) is 12.7 Å². The van der Waals surface area contributed by atoms with E-state index in [-0.39, 0.29) is 11.6 Å². The third-order valence-corrected chi connectivity index (χ3v) is 3.74. The SMILES string of the molecule is COc1cc(C(=O)OC(C)OC(=O)NC2CCOCC2)ccc1NC=O. The highest BCUT2D eigenvalue weighted by atomic mass is 16.7. The number of amides is 2. The molecule has 1 aliphatic rings. The van der Waals surface area contributed by atoms with E-state index >= 15 is 0 Å². The van der Waals surface area contributed by atoms with Crippen molar-refractivity contribution < 1.29 is 33.3 Å². The highest BCUT2D eigenvalue weighted by molar-refractivity contribution is 5.91. The fourth-order valence-electron chi connectivity index (χ4n) is 2.44. The molecule has 1 fully saturated rings. The van der Waals surface area contributed by atoms with Crippen LogP contribution in [0, 0.1) is 0 Å². The Balaban J connectivity index is 1.87. The van der Waals surface area contributed by atoms with E-state index in [1.54, 1.807) is 0 Å². The monoisotopic (exact) mass is 366 g/mol. The van der Waals surface area contributed by atoms with Gasteiger partial charge in [0.15, 0.2) is 0 Å². The van der Waals surface area contributed by atoms with E-state index in [1.807, 2.05) is 0 Å². The standard InChI is InChI=1S/C17H22N2O7/c1-11(26-17(22)19-13-5-7-24-8-6-13)25-16(21)12-3-4-14(18-10-20)15(9-12)23-2/h3-4,9-11,13H,5-8H2,1-2H3,(H,18,20)(H,19,22). The molecule has 9 heteroatoms. The molecular weight excluding hydrogens is 344 g/mol. The molecule has 26 heavy (non-hydrogen) atoms. The molecule has 1 unspecified atom stereocenters. The number of hydrogen-bond acceptors (Lipinski definition) is 7. The van der Waals surface area contributed by atoms with Crippen molar-refractivity contribution in [3.8, 4) is 5.75 Å². The Morgan fingerprint density at radius 2 is 2.00 bits per heavy atom. The minimum Gasteiger partial charge on any atom is -0.495 e. The number of alkyl carbamates (subject to hydrolysis) is 1. The van der Waals surface area contributed by atoms with Gasteiger partial charge in [-0.25, -0.2) is 9.59 Å². The smallest absolute Gasteiger partial charge is 0.410 e. The van der Waals surface area contributed by atoms with Crippen molar-refractivity contribution in [1.82, 2.24) is 5.32 Å². The lowest BCUT2D eigenvalue weighted by Gasteiger charge is -2.23. The first-order valence-electron chi connectivity index (χ1n) is 8.17. The summed E-state index contributed by atoms with van der Waals surface area (Å²) in [5, 5.41) is 5.16. The molecule has 0 spiro atoms. The second-order valence-corrected chi connectivity index (χ2v) is 5.59. The molecule has 1 aromatic carbocycles. The van der Waals surface area contributed by atoms with Crippen LogP contribution < -0.4 is 15.4 Å². The maximum absolute atomic E-state index is 12.2. The van der Waals surface area contributed by atoms with Crippen molar-refractivity contribution in [3.05, 3.63) is 23.8 Å². The normalized spacial score (nSPS) is 15.5. The van der Waals surface area contributed by atoms with Crippen molar-refractivity contribution in [2.24, 2.45) is 0 Å². The van der Waals surface area contributed by atoms with Crippen LogP contribution in [0.2, 0.25) is 0 Å². The van der Waals surface area contributed by atoms with E-state index in [0.29, 0.717) is 43.9 Å². The number of anilines is 1. The van der Waals surface area contributed by atoms with Crippen LogP contribution in [0.4, 0.5) is 10.5 Å². The lowest BCUT2D eigenvalue weighted by molar-refractivity contribution is -0.105. The summed E-state index contributed by atoms with van der Waals surface area (Å²) in [5.74, 6) is -0.385. The highest BCUT2D eigenvalue weighted by Gasteiger charge is 2.20. The van der Waals surface area contributed by atoms with Crippen molar-refractivity contribution in [2.75, 3.05) is 25.6 Å². The first kappa shape index (κ1) is 19.5. The van der Waals surface area contributed by atoms with Crippen LogP contribution in [0.1, 0.15) is 30.1 Å². The first-order valence-corrected chi connectivity index (χ1v) is 8.17. The predicted octanol–water partition coefficient (Wildman–Crippen LogP) is 1.67. The Bertz CT molecular complexity index is 644. The summed E-state index contributed by atoms with van der Waals surface area (Å²) in [7, 11) is 1.41. The summed E-state index contributed by atoms with van der Waals surface area (Å²) in [5.41, 5.74) is 0.609. The van der Waals surface area contributed by atoms with Crippen LogP contribution in [0.15, 0.2) is 18.2 Å². The summed E-state index contributed by atoms with van der Waals surface area (Å²) in [6.07, 6.45) is 0.207. The van der Waals surface area contributed by atoms with Gasteiger partial charge in [0.25, 0.3) is 0 Å². The topological polar surface area (TPSA) is 112 Å². The predicted molar refractivity (Wildman–Crippen MR) is 91.0 cm³/mol. The Morgan fingerprint density at radius 3 is 2.65 bits per heavy atom. The first-order chi connectivity index (χ1) is 12.5. The molecule has 1 aromatic rings. The summed E-state index contributed by atoms with van der Waals surface area (Å²) in [4.78, 5) is 34.5. The van der Waals surface area contributed by atoms with E-state index in [9.17, 15) is 14.4 Å². The molecule has 0 aliphatic carbocycles. The van der Waals surface area contributed by atoms with E-state index in [4.69, 9.17) is 18.9 Å². The van der Waals surface area contributed by atoms with Crippen LogP contribution >= 0.6 is 0 Å². The number of rotatable bonds is 7. The molecular formula is C17H22N2O7. The highest BCUT2D eigenvalue weighted by Crippen LogP contribution is 2.25. The van der Waals surface area contributed by atoms with Crippen molar-refractivity contribution in [2.45, 2.75) is 32.1 Å². The zero-order valence-electron chi connectivity index (χ0n) is 14.7. The lowest BCUT2D eigenvalue weighted by Crippen LogP contribution is -2.40. The zero-order valence-corrected chi connectivity index (χ0v) is 14.7. The molecule has 0 bridgehead atoms. The average Bonchev–Trinajstić information content (AvgIpc) is 2.62. The second-order valence-electron chi connectivity index (χ2n) is 5.59. The summed E-state index contributed by atoms with van der Waals surface area (Å²) < 4.78 is 20.5. The molecule has 1 heterocycles. The minimum absolute atomic E-state index is 0.0127. The van der Waals surface area contributed by atoms with Gasteiger partial charge < -0.3 is 29.6 Å². The number of hydrogen-bond donors (Lipinski definition) is 2. The average molecular weight is 366 g/mol. The zero-order chi connectivity index (χ0) is 18.9. The Kier molecular flexibility index (Phi) is 7.22. The lowest BCUT2D eigenvalue weighted by atomic mass is 10.1. The van der Waals surface area contributed by atoms with E-state index in [0.717, 1.165) is 0 Å². The number of carbonyl (C=O) groups excluding carboxylic acids is 3. The largest absolute Gasteiger partial charge is 0.495 e. The number of benzene rings is 1. The van der Waals surface area contributed by atoms with Gasteiger partial charge in [0, 0.05) is 26.2 Å². The van der Waals surface area contributed by atoms with Crippen LogP contribution in [0.5, 0.6) is 5.75 Å². The third-order valence-electron chi connectivity index (χ3n) is 3.74. The summed E-state index contributed by atoms with van der Waals surface area (Å²) >= 11 is 0. The van der Waals surface area contributed by atoms with Crippen molar-refractivity contribution in [3.63, 3.8) is 0 Å². The van der Waals surface area contributed by atoms with E-state index < -0.39 is 18.4 Å². The molecule has 0 radical (unpaired) electrons. The molecule has 2 rings (SSSR count). The van der Waals surface area contributed by atoms with E-state index in [1.165, 1.54) is 32.2 Å². The minimum atomic E-state index is -1.07. The second kappa shape index (κ2) is 9.62. The van der Waals surface area contributed by atoms with Gasteiger partial charge in [-0.2, -0.15) is 0 Å². The number of nitrogens with one attached hydrogen (secondary N) is 2. The maximum Gasteiger partial charge on any atom is 0.410 e. The van der Waals surface area contributed by atoms with Gasteiger partial charge in [-0.05, 0) is 31.0 Å². The fraction of sp³-hybridized carbons (Fsp3) is 0.471. The Labute approximate surface area is 150 Å². The van der Waals surface area contributed by atoms with Gasteiger partial charge in [-0.15, -0.1) is 0 Å². The quantitative estimate of drug-likeness (QED) is 0.429.